The van der Waals surface area contributed by atoms with Gasteiger partial charge in [-0.25, -0.2) is 4.79 Å². The van der Waals surface area contributed by atoms with Gasteiger partial charge in [-0.3, -0.25) is 4.79 Å². The fraction of sp³-hybridized carbons (Fsp3) is 0.529. The second-order valence-corrected chi connectivity index (χ2v) is 6.39. The molecule has 0 spiro atoms. The van der Waals surface area contributed by atoms with E-state index in [9.17, 15) is 9.59 Å². The topological polar surface area (TPSA) is 49.9 Å². The van der Waals surface area contributed by atoms with Crippen LogP contribution in [0.25, 0.3) is 0 Å². The number of hydrogen-bond acceptors (Lipinski definition) is 4. The molecule has 2 heterocycles. The van der Waals surface area contributed by atoms with Crippen molar-refractivity contribution in [1.82, 2.24) is 4.90 Å². The molecule has 1 saturated heterocycles. The molecule has 22 heavy (non-hydrogen) atoms. The summed E-state index contributed by atoms with van der Waals surface area (Å²) in [4.78, 5) is 28.0. The Kier molecular flexibility index (Phi) is 4.05. The predicted molar refractivity (Wildman–Crippen MR) is 84.0 cm³/mol. The van der Waals surface area contributed by atoms with Gasteiger partial charge in [-0.1, -0.05) is 13.0 Å². The van der Waals surface area contributed by atoms with Crippen LogP contribution in [0, 0.1) is 12.8 Å². The van der Waals surface area contributed by atoms with Crippen LogP contribution in [-0.2, 0) is 9.59 Å². The number of esters is 1. The van der Waals surface area contributed by atoms with Crippen molar-refractivity contribution in [1.29, 1.82) is 0 Å². The second-order valence-electron chi connectivity index (χ2n) is 6.39. The van der Waals surface area contributed by atoms with E-state index in [1.54, 1.807) is 0 Å². The second kappa shape index (κ2) is 5.99. The zero-order valence-corrected chi connectivity index (χ0v) is 13.2. The Morgan fingerprint density at radius 3 is 3.00 bits per heavy atom. The summed E-state index contributed by atoms with van der Waals surface area (Å²) in [6.45, 7) is 6.13. The normalized spacial score (nSPS) is 21.4. The van der Waals surface area contributed by atoms with Crippen molar-refractivity contribution >= 4 is 17.6 Å². The zero-order valence-electron chi connectivity index (χ0n) is 13.2. The highest BCUT2D eigenvalue weighted by Gasteiger charge is 2.28. The van der Waals surface area contributed by atoms with Gasteiger partial charge < -0.3 is 14.5 Å². The number of hydrogen-bond donors (Lipinski definition) is 0. The van der Waals surface area contributed by atoms with Gasteiger partial charge in [0.15, 0.2) is 5.75 Å². The molecule has 5 heteroatoms. The van der Waals surface area contributed by atoms with Crippen molar-refractivity contribution in [2.45, 2.75) is 26.7 Å². The molecule has 1 atom stereocenters. The van der Waals surface area contributed by atoms with E-state index in [4.69, 9.17) is 4.74 Å². The SMILES string of the molecule is Cc1ccc2c(c1)OC(=O)CN2CC(=O)N1CCCC(C)C1. The van der Waals surface area contributed by atoms with Gasteiger partial charge in [-0.15, -0.1) is 0 Å². The van der Waals surface area contributed by atoms with Gasteiger partial charge >= 0.3 is 5.97 Å². The van der Waals surface area contributed by atoms with E-state index >= 15 is 0 Å². The maximum atomic E-state index is 12.5. The summed E-state index contributed by atoms with van der Waals surface area (Å²) in [6.07, 6.45) is 2.24. The van der Waals surface area contributed by atoms with Crippen LogP contribution in [0.2, 0.25) is 0 Å². The number of piperidine rings is 1. The van der Waals surface area contributed by atoms with Crippen LogP contribution in [0.4, 0.5) is 5.69 Å². The molecular weight excluding hydrogens is 280 g/mol. The van der Waals surface area contributed by atoms with Crippen molar-refractivity contribution in [2.75, 3.05) is 31.1 Å². The molecular formula is C17H22N2O3. The number of nitrogens with zero attached hydrogens (tertiary/aromatic N) is 2. The molecule has 0 bridgehead atoms. The monoisotopic (exact) mass is 302 g/mol. The number of likely N-dealkylation sites (tertiary alicyclic amines) is 1. The third-order valence-corrected chi connectivity index (χ3v) is 4.34. The molecule has 1 unspecified atom stereocenters. The summed E-state index contributed by atoms with van der Waals surface area (Å²) in [7, 11) is 0. The van der Waals surface area contributed by atoms with Crippen molar-refractivity contribution in [3.8, 4) is 5.75 Å². The van der Waals surface area contributed by atoms with E-state index in [1.165, 1.54) is 6.42 Å². The fourth-order valence-corrected chi connectivity index (χ4v) is 3.18. The molecule has 2 aliphatic rings. The highest BCUT2D eigenvalue weighted by Crippen LogP contribution is 2.32. The molecule has 3 rings (SSSR count). The first-order valence-corrected chi connectivity index (χ1v) is 7.87. The summed E-state index contributed by atoms with van der Waals surface area (Å²) < 4.78 is 5.28. The number of rotatable bonds is 2. The third kappa shape index (κ3) is 3.08. The lowest BCUT2D eigenvalue weighted by Crippen LogP contribution is -2.47. The summed E-state index contributed by atoms with van der Waals surface area (Å²) in [6, 6.07) is 5.73. The van der Waals surface area contributed by atoms with E-state index < -0.39 is 0 Å². The quantitative estimate of drug-likeness (QED) is 0.619. The number of fused-ring (bicyclic) bond motifs is 1. The van der Waals surface area contributed by atoms with Crippen LogP contribution in [0.15, 0.2) is 18.2 Å². The Bertz CT molecular complexity index is 600. The van der Waals surface area contributed by atoms with E-state index in [2.05, 4.69) is 6.92 Å². The molecule has 0 radical (unpaired) electrons. The summed E-state index contributed by atoms with van der Waals surface area (Å²) in [5.74, 6) is 0.890. The van der Waals surface area contributed by atoms with Crippen LogP contribution < -0.4 is 9.64 Å². The zero-order chi connectivity index (χ0) is 15.7. The van der Waals surface area contributed by atoms with E-state index in [0.29, 0.717) is 11.7 Å². The lowest BCUT2D eigenvalue weighted by molar-refractivity contribution is -0.134. The number of carbonyl (C=O) groups is 2. The first kappa shape index (κ1) is 14.9. The highest BCUT2D eigenvalue weighted by atomic mass is 16.5. The van der Waals surface area contributed by atoms with Gasteiger partial charge in [-0.05, 0) is 43.4 Å². The van der Waals surface area contributed by atoms with Crippen LogP contribution in [0.1, 0.15) is 25.3 Å². The fourth-order valence-electron chi connectivity index (χ4n) is 3.18. The molecule has 0 N–H and O–H groups in total. The molecule has 2 aliphatic heterocycles. The Balaban J connectivity index is 1.75. The summed E-state index contributed by atoms with van der Waals surface area (Å²) in [5.41, 5.74) is 1.85. The number of aryl methyl sites for hydroxylation is 1. The number of anilines is 1. The molecule has 1 amide bonds. The van der Waals surface area contributed by atoms with E-state index in [1.807, 2.05) is 34.9 Å². The number of carbonyl (C=O) groups excluding carboxylic acids is 2. The molecule has 1 aromatic rings. The average molecular weight is 302 g/mol. The Hall–Kier alpha value is -2.04. The number of ether oxygens (including phenoxy) is 1. The van der Waals surface area contributed by atoms with Crippen LogP contribution in [0.3, 0.4) is 0 Å². The van der Waals surface area contributed by atoms with Gasteiger partial charge in [0.25, 0.3) is 0 Å². The minimum absolute atomic E-state index is 0.0905. The van der Waals surface area contributed by atoms with Gasteiger partial charge in [0, 0.05) is 13.1 Å². The largest absolute Gasteiger partial charge is 0.423 e. The maximum absolute atomic E-state index is 12.5. The lowest BCUT2D eigenvalue weighted by Gasteiger charge is -2.34. The first-order chi connectivity index (χ1) is 10.5. The molecule has 1 aromatic carbocycles. The summed E-state index contributed by atoms with van der Waals surface area (Å²) in [5, 5.41) is 0. The number of amides is 1. The van der Waals surface area contributed by atoms with Crippen molar-refractivity contribution in [3.63, 3.8) is 0 Å². The maximum Gasteiger partial charge on any atom is 0.331 e. The highest BCUT2D eigenvalue weighted by molar-refractivity contribution is 5.89. The van der Waals surface area contributed by atoms with Crippen molar-refractivity contribution in [3.05, 3.63) is 23.8 Å². The van der Waals surface area contributed by atoms with Crippen LogP contribution >= 0.6 is 0 Å². The molecule has 1 fully saturated rings. The van der Waals surface area contributed by atoms with Gasteiger partial charge in [-0.2, -0.15) is 0 Å². The van der Waals surface area contributed by atoms with E-state index in [-0.39, 0.29) is 25.0 Å². The molecule has 118 valence electrons. The Morgan fingerprint density at radius 2 is 2.23 bits per heavy atom. The van der Waals surface area contributed by atoms with Crippen LogP contribution in [-0.4, -0.2) is 43.0 Å². The predicted octanol–water partition coefficient (Wildman–Crippen LogP) is 1.98. The van der Waals surface area contributed by atoms with Crippen LogP contribution in [0.5, 0.6) is 5.75 Å². The molecule has 0 aromatic heterocycles. The minimum Gasteiger partial charge on any atom is -0.423 e. The van der Waals surface area contributed by atoms with Crippen molar-refractivity contribution in [2.24, 2.45) is 5.92 Å². The number of benzene rings is 1. The molecule has 0 saturated carbocycles. The van der Waals surface area contributed by atoms with E-state index in [0.717, 1.165) is 30.8 Å². The summed E-state index contributed by atoms with van der Waals surface area (Å²) >= 11 is 0. The smallest absolute Gasteiger partial charge is 0.331 e. The average Bonchev–Trinajstić information content (AvgIpc) is 2.46. The molecule has 0 aliphatic carbocycles. The minimum atomic E-state index is -0.307. The third-order valence-electron chi connectivity index (χ3n) is 4.34. The standard InChI is InChI=1S/C17H22N2O3/c1-12-5-6-14-15(8-12)22-17(21)11-19(14)10-16(20)18-7-3-4-13(2)9-18/h5-6,8,13H,3-4,7,9-11H2,1-2H3. The Labute approximate surface area is 130 Å². The van der Waals surface area contributed by atoms with Gasteiger partial charge in [0.05, 0.1) is 12.2 Å². The van der Waals surface area contributed by atoms with Gasteiger partial charge in [0.2, 0.25) is 5.91 Å². The first-order valence-electron chi connectivity index (χ1n) is 7.87. The molecule has 5 nitrogen and oxygen atoms in total. The Morgan fingerprint density at radius 1 is 1.41 bits per heavy atom. The van der Waals surface area contributed by atoms with Gasteiger partial charge in [0.1, 0.15) is 6.54 Å². The lowest BCUT2D eigenvalue weighted by atomic mass is 10.0. The van der Waals surface area contributed by atoms with Crippen molar-refractivity contribution < 1.29 is 14.3 Å².